The SMILES string of the molecule is O=C(O)c1cc(NS(=O)(=O)c2cccs2)ccc1N1CCC(Cc2ccccc2)CC1. The Balaban J connectivity index is 1.47. The van der Waals surface area contributed by atoms with Crippen molar-refractivity contribution in [2.45, 2.75) is 23.5 Å². The minimum Gasteiger partial charge on any atom is -0.478 e. The fraction of sp³-hybridized carbons (Fsp3) is 0.261. The highest BCUT2D eigenvalue weighted by molar-refractivity contribution is 7.94. The number of nitrogens with one attached hydrogen (secondary N) is 1. The number of carboxylic acids is 1. The second-order valence-electron chi connectivity index (χ2n) is 7.69. The lowest BCUT2D eigenvalue weighted by Gasteiger charge is -2.34. The van der Waals surface area contributed by atoms with Crippen LogP contribution in [-0.4, -0.2) is 32.6 Å². The van der Waals surface area contributed by atoms with Crippen LogP contribution in [0.4, 0.5) is 11.4 Å². The first-order valence-corrected chi connectivity index (χ1v) is 12.5. The van der Waals surface area contributed by atoms with Gasteiger partial charge in [0.2, 0.25) is 0 Å². The number of anilines is 2. The Labute approximate surface area is 186 Å². The van der Waals surface area contributed by atoms with Crippen LogP contribution in [0, 0.1) is 5.92 Å². The smallest absolute Gasteiger partial charge is 0.337 e. The molecule has 6 nitrogen and oxygen atoms in total. The van der Waals surface area contributed by atoms with Crippen molar-refractivity contribution in [2.24, 2.45) is 5.92 Å². The zero-order chi connectivity index (χ0) is 21.8. The highest BCUT2D eigenvalue weighted by Crippen LogP contribution is 2.31. The minimum absolute atomic E-state index is 0.105. The van der Waals surface area contributed by atoms with Crippen molar-refractivity contribution < 1.29 is 18.3 Å². The lowest BCUT2D eigenvalue weighted by molar-refractivity contribution is 0.0697. The van der Waals surface area contributed by atoms with Gasteiger partial charge in [0.25, 0.3) is 10.0 Å². The van der Waals surface area contributed by atoms with Crippen LogP contribution in [0.5, 0.6) is 0 Å². The van der Waals surface area contributed by atoms with E-state index in [0.29, 0.717) is 11.6 Å². The molecule has 0 aliphatic carbocycles. The van der Waals surface area contributed by atoms with Gasteiger partial charge in [0, 0.05) is 18.8 Å². The van der Waals surface area contributed by atoms with E-state index in [9.17, 15) is 18.3 Å². The first-order chi connectivity index (χ1) is 14.9. The number of carboxylic acid groups (broad SMARTS) is 1. The molecular weight excluding hydrogens is 432 g/mol. The second-order valence-corrected chi connectivity index (χ2v) is 10.6. The maximum absolute atomic E-state index is 12.5. The Bertz CT molecular complexity index is 1140. The first kappa shape index (κ1) is 21.4. The summed E-state index contributed by atoms with van der Waals surface area (Å²) in [7, 11) is -3.73. The molecule has 0 amide bonds. The largest absolute Gasteiger partial charge is 0.478 e. The number of hydrogen-bond donors (Lipinski definition) is 2. The zero-order valence-electron chi connectivity index (χ0n) is 16.9. The summed E-state index contributed by atoms with van der Waals surface area (Å²) in [5, 5.41) is 11.4. The highest BCUT2D eigenvalue weighted by Gasteiger charge is 2.24. The molecule has 31 heavy (non-hydrogen) atoms. The molecule has 4 rings (SSSR count). The van der Waals surface area contributed by atoms with Gasteiger partial charge in [-0.2, -0.15) is 0 Å². The molecule has 0 spiro atoms. The Morgan fingerprint density at radius 1 is 1.06 bits per heavy atom. The molecule has 0 bridgehead atoms. The fourth-order valence-corrected chi connectivity index (χ4v) is 6.04. The van der Waals surface area contributed by atoms with Crippen LogP contribution < -0.4 is 9.62 Å². The Kier molecular flexibility index (Phi) is 6.29. The van der Waals surface area contributed by atoms with E-state index in [2.05, 4.69) is 33.9 Å². The minimum atomic E-state index is -3.73. The summed E-state index contributed by atoms with van der Waals surface area (Å²) in [6.07, 6.45) is 3.01. The number of carbonyl (C=O) groups is 1. The molecule has 0 saturated carbocycles. The number of aromatic carboxylic acids is 1. The van der Waals surface area contributed by atoms with Gasteiger partial charge in [0.05, 0.1) is 11.3 Å². The summed E-state index contributed by atoms with van der Waals surface area (Å²) >= 11 is 1.11. The van der Waals surface area contributed by atoms with Crippen molar-refractivity contribution in [1.29, 1.82) is 0 Å². The molecule has 1 aliphatic rings. The predicted molar refractivity (Wildman–Crippen MR) is 124 cm³/mol. The van der Waals surface area contributed by atoms with Crippen LogP contribution in [0.3, 0.4) is 0 Å². The molecule has 1 fully saturated rings. The highest BCUT2D eigenvalue weighted by atomic mass is 32.2. The number of hydrogen-bond acceptors (Lipinski definition) is 5. The lowest BCUT2D eigenvalue weighted by atomic mass is 9.90. The van der Waals surface area contributed by atoms with E-state index >= 15 is 0 Å². The van der Waals surface area contributed by atoms with Crippen LogP contribution in [-0.2, 0) is 16.4 Å². The normalized spacial score (nSPS) is 15.0. The monoisotopic (exact) mass is 456 g/mol. The molecule has 2 aromatic carbocycles. The average Bonchev–Trinajstić information content (AvgIpc) is 3.31. The topological polar surface area (TPSA) is 86.7 Å². The van der Waals surface area contributed by atoms with Gasteiger partial charge in [-0.05, 0) is 60.4 Å². The molecule has 8 heteroatoms. The summed E-state index contributed by atoms with van der Waals surface area (Å²) in [5.41, 5.74) is 2.31. The van der Waals surface area contributed by atoms with Gasteiger partial charge in [-0.25, -0.2) is 13.2 Å². The van der Waals surface area contributed by atoms with E-state index in [0.717, 1.165) is 43.7 Å². The van der Waals surface area contributed by atoms with Gasteiger partial charge in [0.15, 0.2) is 0 Å². The van der Waals surface area contributed by atoms with Gasteiger partial charge in [-0.3, -0.25) is 4.72 Å². The summed E-state index contributed by atoms with van der Waals surface area (Å²) in [5.74, 6) is -0.498. The number of benzene rings is 2. The average molecular weight is 457 g/mol. The maximum Gasteiger partial charge on any atom is 0.337 e. The van der Waals surface area contributed by atoms with Gasteiger partial charge in [-0.1, -0.05) is 36.4 Å². The molecule has 0 radical (unpaired) electrons. The van der Waals surface area contributed by atoms with Crippen molar-refractivity contribution in [3.63, 3.8) is 0 Å². The molecule has 1 aliphatic heterocycles. The van der Waals surface area contributed by atoms with Gasteiger partial charge in [0.1, 0.15) is 4.21 Å². The van der Waals surface area contributed by atoms with Crippen LogP contribution in [0.2, 0.25) is 0 Å². The third-order valence-corrected chi connectivity index (χ3v) is 8.34. The summed E-state index contributed by atoms with van der Waals surface area (Å²) < 4.78 is 27.6. The van der Waals surface area contributed by atoms with E-state index in [-0.39, 0.29) is 15.5 Å². The van der Waals surface area contributed by atoms with Gasteiger partial charge < -0.3 is 10.0 Å². The Morgan fingerprint density at radius 2 is 1.81 bits per heavy atom. The van der Waals surface area contributed by atoms with Crippen LogP contribution in [0.15, 0.2) is 70.3 Å². The number of rotatable bonds is 7. The third kappa shape index (κ3) is 5.08. The fourth-order valence-electron chi connectivity index (χ4n) is 3.99. The van der Waals surface area contributed by atoms with Crippen LogP contribution in [0.25, 0.3) is 0 Å². The number of nitrogens with zero attached hydrogens (tertiary/aromatic N) is 1. The van der Waals surface area contributed by atoms with Crippen molar-refractivity contribution in [3.05, 3.63) is 77.2 Å². The zero-order valence-corrected chi connectivity index (χ0v) is 18.5. The van der Waals surface area contributed by atoms with E-state index in [1.54, 1.807) is 23.6 Å². The third-order valence-electron chi connectivity index (χ3n) is 5.56. The molecule has 3 aromatic rings. The summed E-state index contributed by atoms with van der Waals surface area (Å²) in [4.78, 5) is 14.0. The molecule has 1 aromatic heterocycles. The molecule has 0 unspecified atom stereocenters. The standard InChI is InChI=1S/C23H24N2O4S2/c26-23(27)20-16-19(24-31(28,29)22-7-4-14-30-22)8-9-21(20)25-12-10-18(11-13-25)15-17-5-2-1-3-6-17/h1-9,14,16,18,24H,10-13,15H2,(H,26,27). The van der Waals surface area contributed by atoms with Crippen molar-refractivity contribution in [3.8, 4) is 0 Å². The molecular formula is C23H24N2O4S2. The van der Waals surface area contributed by atoms with Crippen molar-refractivity contribution in [1.82, 2.24) is 0 Å². The molecule has 162 valence electrons. The van der Waals surface area contributed by atoms with E-state index in [1.165, 1.54) is 17.7 Å². The molecule has 1 saturated heterocycles. The lowest BCUT2D eigenvalue weighted by Crippen LogP contribution is -2.35. The number of sulfonamides is 1. The van der Waals surface area contributed by atoms with Crippen molar-refractivity contribution >= 4 is 38.7 Å². The first-order valence-electron chi connectivity index (χ1n) is 10.1. The molecule has 0 atom stereocenters. The maximum atomic E-state index is 12.5. The van der Waals surface area contributed by atoms with Gasteiger partial charge >= 0.3 is 5.97 Å². The van der Waals surface area contributed by atoms with E-state index in [1.807, 2.05) is 6.07 Å². The summed E-state index contributed by atoms with van der Waals surface area (Å²) in [6, 6.07) is 18.3. The predicted octanol–water partition coefficient (Wildman–Crippen LogP) is 4.71. The summed E-state index contributed by atoms with van der Waals surface area (Å²) in [6.45, 7) is 1.55. The van der Waals surface area contributed by atoms with E-state index < -0.39 is 16.0 Å². The second kappa shape index (κ2) is 9.11. The van der Waals surface area contributed by atoms with Gasteiger partial charge in [-0.15, -0.1) is 11.3 Å². The number of piperidine rings is 1. The van der Waals surface area contributed by atoms with Crippen LogP contribution in [0.1, 0.15) is 28.8 Å². The number of thiophene rings is 1. The van der Waals surface area contributed by atoms with E-state index in [4.69, 9.17) is 0 Å². The quantitative estimate of drug-likeness (QED) is 0.538. The Hall–Kier alpha value is -2.84. The van der Waals surface area contributed by atoms with Crippen molar-refractivity contribution in [2.75, 3.05) is 22.7 Å². The van der Waals surface area contributed by atoms with Crippen LogP contribution >= 0.6 is 11.3 Å². The molecule has 2 N–H and O–H groups in total. The molecule has 2 heterocycles. The Morgan fingerprint density at radius 3 is 2.45 bits per heavy atom.